The third kappa shape index (κ3) is 625. The standard InChI is InChI=1S/3Fe.8H2O/h;;;8*1H2. The summed E-state index contributed by atoms with van der Waals surface area (Å²) in [5, 5.41) is 0. The second kappa shape index (κ2) is 768. The molecule has 0 aromatic carbocycles. The van der Waals surface area contributed by atoms with Crippen LogP contribution in [-0.4, -0.2) is 43.8 Å². The molecular weight excluding hydrogens is 296 g/mol. The molecule has 88 valence electrons. The summed E-state index contributed by atoms with van der Waals surface area (Å²) >= 11 is 0. The number of rotatable bonds is 0. The zero-order chi connectivity index (χ0) is 0. The summed E-state index contributed by atoms with van der Waals surface area (Å²) in [5.41, 5.74) is 0. The minimum atomic E-state index is 0. The average Bonchev–Trinajstić information content (AvgIpc) is 0. The fourth-order valence-corrected chi connectivity index (χ4v) is 0. The van der Waals surface area contributed by atoms with Gasteiger partial charge < -0.3 is 43.8 Å². The van der Waals surface area contributed by atoms with E-state index in [9.17, 15) is 0 Å². The van der Waals surface area contributed by atoms with Crippen molar-refractivity contribution in [2.75, 3.05) is 0 Å². The zero-order valence-corrected chi connectivity index (χ0v) is 8.37. The molecule has 0 amide bonds. The molecule has 0 rings (SSSR count). The maximum Gasteiger partial charge on any atom is 0 e. The number of hydrogen-bond donors (Lipinski definition) is 0. The summed E-state index contributed by atoms with van der Waals surface area (Å²) < 4.78 is 0. The molecule has 11 heteroatoms. The molecule has 0 bridgehead atoms. The van der Waals surface area contributed by atoms with Crippen LogP contribution in [0.4, 0.5) is 0 Å². The van der Waals surface area contributed by atoms with E-state index in [0.29, 0.717) is 0 Å². The van der Waals surface area contributed by atoms with E-state index >= 15 is 0 Å². The van der Waals surface area contributed by atoms with Gasteiger partial charge in [-0.15, -0.1) is 0 Å². The molecule has 0 atom stereocenters. The molecule has 0 aliphatic heterocycles. The van der Waals surface area contributed by atoms with Crippen molar-refractivity contribution in [3.63, 3.8) is 0 Å². The van der Waals surface area contributed by atoms with Gasteiger partial charge in [0, 0.05) is 51.2 Å². The molecule has 8 nitrogen and oxygen atoms in total. The summed E-state index contributed by atoms with van der Waals surface area (Å²) in [6.07, 6.45) is 0. The van der Waals surface area contributed by atoms with Crippen molar-refractivity contribution < 1.29 is 95.0 Å². The summed E-state index contributed by atoms with van der Waals surface area (Å²) in [5.74, 6) is 0. The van der Waals surface area contributed by atoms with Gasteiger partial charge in [0.05, 0.1) is 0 Å². The Bertz CT molecular complexity index is 9.30. The fraction of sp³-hybridized carbons (Fsp3) is 0. The molecule has 0 aromatic heterocycles. The minimum Gasteiger partial charge on any atom is -0.412 e. The molecular formula is H16Fe3O8. The largest absolute Gasteiger partial charge is 0.412 e. The average molecular weight is 312 g/mol. The third-order valence-electron chi connectivity index (χ3n) is 0. The van der Waals surface area contributed by atoms with E-state index in [4.69, 9.17) is 0 Å². The quantitative estimate of drug-likeness (QED) is 0.378. The smallest absolute Gasteiger partial charge is 0 e. The molecule has 0 saturated heterocycles. The first kappa shape index (κ1) is 1010. The summed E-state index contributed by atoms with van der Waals surface area (Å²) in [4.78, 5) is 0. The maximum absolute atomic E-state index is 0. The van der Waals surface area contributed by atoms with Crippen LogP contribution in [0.15, 0.2) is 0 Å². The molecule has 0 fully saturated rings. The van der Waals surface area contributed by atoms with Crippen molar-refractivity contribution in [1.82, 2.24) is 0 Å². The van der Waals surface area contributed by atoms with Crippen LogP contribution in [0.2, 0.25) is 0 Å². The van der Waals surface area contributed by atoms with Gasteiger partial charge in [0.1, 0.15) is 0 Å². The molecule has 0 aliphatic carbocycles. The SMILES string of the molecule is O.O.O.O.O.O.O.O.[Fe].[Fe].[Fe]. The van der Waals surface area contributed by atoms with Gasteiger partial charge in [-0.05, 0) is 0 Å². The van der Waals surface area contributed by atoms with Crippen LogP contribution in [0, 0.1) is 0 Å². The second-order valence-electron chi connectivity index (χ2n) is 0. The molecule has 0 spiro atoms. The van der Waals surface area contributed by atoms with Crippen molar-refractivity contribution in [3.8, 4) is 0 Å². The van der Waals surface area contributed by atoms with Gasteiger partial charge >= 0.3 is 0 Å². The summed E-state index contributed by atoms with van der Waals surface area (Å²) in [7, 11) is 0. The van der Waals surface area contributed by atoms with Gasteiger partial charge in [-0.25, -0.2) is 0 Å². The van der Waals surface area contributed by atoms with Crippen molar-refractivity contribution >= 4 is 0 Å². The van der Waals surface area contributed by atoms with E-state index < -0.39 is 0 Å². The van der Waals surface area contributed by atoms with Crippen LogP contribution in [0.3, 0.4) is 0 Å². The maximum atomic E-state index is 0. The Morgan fingerprint density at radius 1 is 0.182 bits per heavy atom. The summed E-state index contributed by atoms with van der Waals surface area (Å²) in [6.45, 7) is 0. The Balaban J connectivity index is 0. The van der Waals surface area contributed by atoms with Crippen molar-refractivity contribution in [2.45, 2.75) is 0 Å². The molecule has 16 N–H and O–H groups in total. The zero-order valence-electron chi connectivity index (χ0n) is 5.06. The number of hydrogen-bond acceptors (Lipinski definition) is 0. The molecule has 11 heavy (non-hydrogen) atoms. The van der Waals surface area contributed by atoms with E-state index in [-0.39, 0.29) is 95.0 Å². The molecule has 0 saturated carbocycles. The second-order valence-corrected chi connectivity index (χ2v) is 0. The third-order valence-corrected chi connectivity index (χ3v) is 0. The van der Waals surface area contributed by atoms with Gasteiger partial charge in [0.15, 0.2) is 0 Å². The normalized spacial score (nSPS) is 0. The topological polar surface area (TPSA) is 252 Å². The van der Waals surface area contributed by atoms with E-state index in [1.54, 1.807) is 0 Å². The van der Waals surface area contributed by atoms with Gasteiger partial charge in [0.25, 0.3) is 0 Å². The Labute approximate surface area is 95.0 Å². The van der Waals surface area contributed by atoms with Crippen LogP contribution >= 0.6 is 0 Å². The minimum absolute atomic E-state index is 0. The van der Waals surface area contributed by atoms with Crippen LogP contribution < -0.4 is 0 Å². The van der Waals surface area contributed by atoms with Crippen LogP contribution in [-0.2, 0) is 51.2 Å². The Hall–Kier alpha value is 1.24. The van der Waals surface area contributed by atoms with E-state index in [0.717, 1.165) is 0 Å². The fourth-order valence-electron chi connectivity index (χ4n) is 0. The summed E-state index contributed by atoms with van der Waals surface area (Å²) in [6, 6.07) is 0. The van der Waals surface area contributed by atoms with Crippen LogP contribution in [0.5, 0.6) is 0 Å². The van der Waals surface area contributed by atoms with E-state index in [1.807, 2.05) is 0 Å². The Morgan fingerprint density at radius 2 is 0.182 bits per heavy atom. The monoisotopic (exact) mass is 312 g/mol. The first-order chi connectivity index (χ1) is 0. The Kier molecular flexibility index (Phi) is 70400. The van der Waals surface area contributed by atoms with Crippen molar-refractivity contribution in [2.24, 2.45) is 0 Å². The molecule has 0 heterocycles. The Morgan fingerprint density at radius 3 is 0.182 bits per heavy atom. The van der Waals surface area contributed by atoms with Crippen LogP contribution in [0.25, 0.3) is 0 Å². The van der Waals surface area contributed by atoms with Gasteiger partial charge in [0.2, 0.25) is 0 Å². The molecule has 0 aromatic rings. The van der Waals surface area contributed by atoms with Gasteiger partial charge in [-0.3, -0.25) is 0 Å². The van der Waals surface area contributed by atoms with Gasteiger partial charge in [-0.2, -0.15) is 0 Å². The van der Waals surface area contributed by atoms with E-state index in [2.05, 4.69) is 0 Å². The first-order valence-corrected chi connectivity index (χ1v) is 0. The molecule has 0 aliphatic rings. The molecule has 0 unspecified atom stereocenters. The molecule has 0 radical (unpaired) electrons. The first-order valence-electron chi connectivity index (χ1n) is 0. The van der Waals surface area contributed by atoms with Crippen LogP contribution in [0.1, 0.15) is 0 Å². The van der Waals surface area contributed by atoms with E-state index in [1.165, 1.54) is 0 Å². The van der Waals surface area contributed by atoms with Crippen molar-refractivity contribution in [1.29, 1.82) is 0 Å². The van der Waals surface area contributed by atoms with Crippen molar-refractivity contribution in [3.05, 3.63) is 0 Å². The predicted octanol–water partition coefficient (Wildman–Crippen LogP) is -6.61. The van der Waals surface area contributed by atoms with Gasteiger partial charge in [-0.1, -0.05) is 0 Å². The predicted molar refractivity (Wildman–Crippen MR) is 28.9 cm³/mol.